The van der Waals surface area contributed by atoms with Crippen LogP contribution in [0, 0.1) is 0 Å². The third kappa shape index (κ3) is 2.06. The second kappa shape index (κ2) is 4.37. The van der Waals surface area contributed by atoms with Gasteiger partial charge in [-0.2, -0.15) is 5.10 Å². The Hall–Kier alpha value is -1.81. The summed E-state index contributed by atoms with van der Waals surface area (Å²) in [4.78, 5) is 10.9. The number of hydrogen-bond acceptors (Lipinski definition) is 3. The monoisotopic (exact) mass is 236 g/mol. The molecule has 4 nitrogen and oxygen atoms in total. The lowest BCUT2D eigenvalue weighted by molar-refractivity contribution is 0.416. The molecule has 82 valence electrons. The van der Waals surface area contributed by atoms with E-state index in [2.05, 4.69) is 10.2 Å². The maximum absolute atomic E-state index is 10.9. The topological polar surface area (TPSA) is 55.0 Å². The van der Waals surface area contributed by atoms with Crippen LogP contribution in [0.2, 0.25) is 5.02 Å². The van der Waals surface area contributed by atoms with Crippen molar-refractivity contribution in [3.63, 3.8) is 0 Å². The van der Waals surface area contributed by atoms with E-state index in [1.165, 1.54) is 6.07 Å². The first-order chi connectivity index (χ1) is 7.70. The van der Waals surface area contributed by atoms with Crippen molar-refractivity contribution < 1.29 is 4.74 Å². The standard InChI is InChI=1S/C11H9ClN2O2/c1-16-10-6-7(12)2-3-8(10)9-4-5-11(15)14-13-9/h2-6H,1H3,(H,14,15). The zero-order chi connectivity index (χ0) is 11.5. The van der Waals surface area contributed by atoms with Crippen molar-refractivity contribution in [3.05, 3.63) is 45.7 Å². The molecule has 0 unspecified atom stereocenters. The zero-order valence-corrected chi connectivity index (χ0v) is 9.28. The van der Waals surface area contributed by atoms with E-state index in [-0.39, 0.29) is 5.56 Å². The molecule has 0 spiro atoms. The number of methoxy groups -OCH3 is 1. The molecular weight excluding hydrogens is 228 g/mol. The molecule has 0 bridgehead atoms. The van der Waals surface area contributed by atoms with Gasteiger partial charge in [0, 0.05) is 16.7 Å². The molecule has 0 amide bonds. The van der Waals surface area contributed by atoms with Gasteiger partial charge in [0.25, 0.3) is 5.56 Å². The highest BCUT2D eigenvalue weighted by Gasteiger charge is 2.07. The van der Waals surface area contributed by atoms with E-state index in [9.17, 15) is 4.79 Å². The second-order valence-corrected chi connectivity index (χ2v) is 3.59. The van der Waals surface area contributed by atoms with Crippen molar-refractivity contribution in [2.24, 2.45) is 0 Å². The largest absolute Gasteiger partial charge is 0.496 e. The van der Waals surface area contributed by atoms with E-state index < -0.39 is 0 Å². The number of H-pyrrole nitrogens is 1. The van der Waals surface area contributed by atoms with Crippen LogP contribution in [0.4, 0.5) is 0 Å². The van der Waals surface area contributed by atoms with Gasteiger partial charge in [-0.15, -0.1) is 0 Å². The van der Waals surface area contributed by atoms with Crippen LogP contribution in [0.3, 0.4) is 0 Å². The van der Waals surface area contributed by atoms with E-state index in [4.69, 9.17) is 16.3 Å². The number of aromatic nitrogens is 2. The Morgan fingerprint density at radius 2 is 2.12 bits per heavy atom. The van der Waals surface area contributed by atoms with Crippen LogP contribution in [0.15, 0.2) is 35.1 Å². The molecule has 0 atom stereocenters. The van der Waals surface area contributed by atoms with E-state index >= 15 is 0 Å². The van der Waals surface area contributed by atoms with Crippen LogP contribution < -0.4 is 10.3 Å². The fourth-order valence-corrected chi connectivity index (χ4v) is 1.53. The normalized spacial score (nSPS) is 10.1. The number of halogens is 1. The third-order valence-corrected chi connectivity index (χ3v) is 2.35. The fourth-order valence-electron chi connectivity index (χ4n) is 1.37. The fraction of sp³-hybridized carbons (Fsp3) is 0.0909. The van der Waals surface area contributed by atoms with Gasteiger partial charge in [0.05, 0.1) is 12.8 Å². The van der Waals surface area contributed by atoms with Crippen molar-refractivity contribution in [1.82, 2.24) is 10.2 Å². The average Bonchev–Trinajstić information content (AvgIpc) is 2.30. The summed E-state index contributed by atoms with van der Waals surface area (Å²) >= 11 is 5.85. The zero-order valence-electron chi connectivity index (χ0n) is 8.53. The van der Waals surface area contributed by atoms with Gasteiger partial charge >= 0.3 is 0 Å². The minimum absolute atomic E-state index is 0.239. The first-order valence-corrected chi connectivity index (χ1v) is 4.98. The van der Waals surface area contributed by atoms with E-state index in [1.807, 2.05) is 0 Å². The van der Waals surface area contributed by atoms with E-state index in [0.717, 1.165) is 5.56 Å². The van der Waals surface area contributed by atoms with Crippen LogP contribution in [-0.4, -0.2) is 17.3 Å². The molecule has 16 heavy (non-hydrogen) atoms. The predicted molar refractivity (Wildman–Crippen MR) is 61.9 cm³/mol. The molecule has 0 aliphatic heterocycles. The lowest BCUT2D eigenvalue weighted by Gasteiger charge is -2.07. The molecule has 0 saturated carbocycles. The van der Waals surface area contributed by atoms with Gasteiger partial charge in [-0.3, -0.25) is 4.79 Å². The van der Waals surface area contributed by atoms with Crippen molar-refractivity contribution in [2.45, 2.75) is 0 Å². The Morgan fingerprint density at radius 3 is 2.75 bits per heavy atom. The van der Waals surface area contributed by atoms with Gasteiger partial charge in [0.1, 0.15) is 5.75 Å². The number of aromatic amines is 1. The Bertz CT molecular complexity index is 546. The van der Waals surface area contributed by atoms with Crippen molar-refractivity contribution >= 4 is 11.6 Å². The number of nitrogens with one attached hydrogen (secondary N) is 1. The molecule has 1 N–H and O–H groups in total. The first-order valence-electron chi connectivity index (χ1n) is 4.60. The average molecular weight is 237 g/mol. The smallest absolute Gasteiger partial charge is 0.264 e. The molecule has 0 aliphatic rings. The van der Waals surface area contributed by atoms with Gasteiger partial charge in [0.2, 0.25) is 0 Å². The quantitative estimate of drug-likeness (QED) is 0.869. The molecule has 1 aromatic carbocycles. The number of benzene rings is 1. The van der Waals surface area contributed by atoms with Crippen molar-refractivity contribution in [2.75, 3.05) is 7.11 Å². The molecule has 1 aromatic heterocycles. The molecular formula is C11H9ClN2O2. The SMILES string of the molecule is COc1cc(Cl)ccc1-c1ccc(=O)[nH]n1. The summed E-state index contributed by atoms with van der Waals surface area (Å²) in [5.74, 6) is 0.618. The van der Waals surface area contributed by atoms with Gasteiger partial charge in [-0.25, -0.2) is 5.10 Å². The van der Waals surface area contributed by atoms with Gasteiger partial charge in [-0.1, -0.05) is 11.6 Å². The van der Waals surface area contributed by atoms with Gasteiger partial charge in [-0.05, 0) is 24.3 Å². The highest BCUT2D eigenvalue weighted by atomic mass is 35.5. The summed E-state index contributed by atoms with van der Waals surface area (Å²) in [6.07, 6.45) is 0. The maximum Gasteiger partial charge on any atom is 0.264 e. The molecule has 2 rings (SSSR count). The lowest BCUT2D eigenvalue weighted by atomic mass is 10.1. The Balaban J connectivity index is 2.55. The third-order valence-electron chi connectivity index (χ3n) is 2.12. The van der Waals surface area contributed by atoms with Gasteiger partial charge in [0.15, 0.2) is 0 Å². The second-order valence-electron chi connectivity index (χ2n) is 3.15. The lowest BCUT2D eigenvalue weighted by Crippen LogP contribution is -2.05. The Labute approximate surface area is 96.8 Å². The van der Waals surface area contributed by atoms with E-state index in [0.29, 0.717) is 16.5 Å². The number of hydrogen-bond donors (Lipinski definition) is 1. The summed E-state index contributed by atoms with van der Waals surface area (Å²) in [6, 6.07) is 8.28. The van der Waals surface area contributed by atoms with Crippen LogP contribution in [-0.2, 0) is 0 Å². The van der Waals surface area contributed by atoms with Crippen LogP contribution in [0.5, 0.6) is 5.75 Å². The molecule has 5 heteroatoms. The van der Waals surface area contributed by atoms with Crippen molar-refractivity contribution in [1.29, 1.82) is 0 Å². The highest BCUT2D eigenvalue weighted by Crippen LogP contribution is 2.30. The molecule has 0 aliphatic carbocycles. The number of nitrogens with zero attached hydrogens (tertiary/aromatic N) is 1. The predicted octanol–water partition coefficient (Wildman–Crippen LogP) is 2.10. The molecule has 0 radical (unpaired) electrons. The molecule has 2 aromatic rings. The number of rotatable bonds is 2. The summed E-state index contributed by atoms with van der Waals surface area (Å²) in [7, 11) is 1.56. The number of ether oxygens (including phenoxy) is 1. The maximum atomic E-state index is 10.9. The van der Waals surface area contributed by atoms with Crippen LogP contribution >= 0.6 is 11.6 Å². The minimum atomic E-state index is -0.239. The van der Waals surface area contributed by atoms with Crippen LogP contribution in [0.1, 0.15) is 0 Å². The summed E-state index contributed by atoms with van der Waals surface area (Å²) < 4.78 is 5.19. The molecule has 0 fully saturated rings. The molecule has 1 heterocycles. The summed E-state index contributed by atoms with van der Waals surface area (Å²) in [5, 5.41) is 6.88. The Morgan fingerprint density at radius 1 is 1.31 bits per heavy atom. The minimum Gasteiger partial charge on any atom is -0.496 e. The summed E-state index contributed by atoms with van der Waals surface area (Å²) in [5.41, 5.74) is 1.17. The highest BCUT2D eigenvalue weighted by molar-refractivity contribution is 6.30. The summed E-state index contributed by atoms with van der Waals surface area (Å²) in [6.45, 7) is 0. The van der Waals surface area contributed by atoms with Crippen LogP contribution in [0.25, 0.3) is 11.3 Å². The Kier molecular flexibility index (Phi) is 2.92. The molecule has 0 saturated heterocycles. The van der Waals surface area contributed by atoms with Crippen molar-refractivity contribution in [3.8, 4) is 17.0 Å². The first kappa shape index (κ1) is 10.7. The van der Waals surface area contributed by atoms with E-state index in [1.54, 1.807) is 31.4 Å². The van der Waals surface area contributed by atoms with Gasteiger partial charge < -0.3 is 4.74 Å².